The van der Waals surface area contributed by atoms with Gasteiger partial charge in [0.15, 0.2) is 45.5 Å². The summed E-state index contributed by atoms with van der Waals surface area (Å²) in [6, 6.07) is 85.7. The molecule has 4 aliphatic carbocycles. The molecular weight excluding hydrogens is 1810 g/mol. The van der Waals surface area contributed by atoms with Crippen molar-refractivity contribution in [3.05, 3.63) is 378 Å². The van der Waals surface area contributed by atoms with Gasteiger partial charge < -0.3 is 17.7 Å². The Kier molecular flexibility index (Phi) is 27.5. The molecule has 20 aromatic rings. The van der Waals surface area contributed by atoms with Gasteiger partial charge in [0.05, 0.1) is 48.5 Å². The third kappa shape index (κ3) is 18.4. The van der Waals surface area contributed by atoms with Crippen LogP contribution in [0.3, 0.4) is 0 Å². The third-order valence-electron chi connectivity index (χ3n) is 33.6. The maximum absolute atomic E-state index is 7.85. The highest BCUT2D eigenvalue weighted by atomic mass is 16.3. The molecule has 24 rings (SSSR count). The smallest absolute Gasteiger partial charge is 0.216 e. The molecule has 148 heavy (non-hydrogen) atoms. The van der Waals surface area contributed by atoms with E-state index < -0.39 is 0 Å². The van der Waals surface area contributed by atoms with Gasteiger partial charge in [0.2, 0.25) is 22.8 Å². The Hall–Kier alpha value is -15.6. The first-order valence-corrected chi connectivity index (χ1v) is 53.6. The van der Waals surface area contributed by atoms with Crippen LogP contribution in [0.5, 0.6) is 0 Å². The van der Waals surface area contributed by atoms with Crippen LogP contribution in [-0.2, 0) is 41.0 Å². The van der Waals surface area contributed by atoms with Gasteiger partial charge in [0.25, 0.3) is 0 Å². The van der Waals surface area contributed by atoms with Crippen molar-refractivity contribution >= 4 is 111 Å². The first kappa shape index (κ1) is 98.4. The standard InChI is InChI=1S/4C34H33N2O/c1-21-10-13-25(14-11-21)32-29(35-4)18-17-28-27-16-12-22(2)31(33(27)37-34(28)32)30-19-15-26(23(3)36(30)5)20-24-8-6-7-9-24;1-21-10-13-26(14-11-21)32-29(35-4)17-16-28-27-15-12-22(2)31(33(27)37-34(28)32)30-20-25(18-23(3)36(30)5)19-24-8-6-7-9-24;1-21-11-14-25(15-12-21)32-29(35-4)19-17-28-27-16-13-22(2)31(33(27)37-34(28)32)30-20-18-26(23(3)36(30)5)24-9-7-6-8-10-24;1-21-11-14-25(15-12-21)32-29(35-4)18-17-28-27-16-13-22(2)31(33(27)37-34(28)32)30-20-26(19-23(3)36(30)5)24-9-7-6-8-10-24/h10-19,24H,6-9,20H2,1-3,5H3;10-18,20,24H,6-9,19H2,1-3,5H3;2*11-20,24H,6-10H2,1-3,5H3/q4*+1. The van der Waals surface area contributed by atoms with Gasteiger partial charge in [-0.25, -0.2) is 19.4 Å². The Morgan fingerprint density at radius 3 is 0.878 bits per heavy atom. The molecule has 0 atom stereocenters. The van der Waals surface area contributed by atoms with Gasteiger partial charge in [0, 0.05) is 141 Å². The second-order valence-corrected chi connectivity index (χ2v) is 43.1. The summed E-state index contributed by atoms with van der Waals surface area (Å²) >= 11 is 0. The van der Waals surface area contributed by atoms with Crippen LogP contribution in [0.25, 0.3) is 197 Å². The van der Waals surface area contributed by atoms with E-state index in [4.69, 9.17) is 44.0 Å². The molecule has 8 heterocycles. The van der Waals surface area contributed by atoms with Crippen LogP contribution in [0.4, 0.5) is 22.7 Å². The van der Waals surface area contributed by atoms with E-state index in [1.807, 2.05) is 42.5 Å². The molecule has 0 bridgehead atoms. The number of aryl methyl sites for hydroxylation is 10. The van der Waals surface area contributed by atoms with Crippen LogP contribution in [0.15, 0.2) is 260 Å². The Morgan fingerprint density at radius 2 is 0.534 bits per heavy atom. The molecule has 12 aromatic carbocycles. The zero-order valence-corrected chi connectivity index (χ0v) is 88.8. The fourth-order valence-corrected chi connectivity index (χ4v) is 24.8. The highest BCUT2D eigenvalue weighted by molar-refractivity contribution is 6.19. The van der Waals surface area contributed by atoms with E-state index in [0.29, 0.717) is 34.6 Å². The molecule has 0 N–H and O–H groups in total. The number of hydrogen-bond acceptors (Lipinski definition) is 4. The van der Waals surface area contributed by atoms with Crippen LogP contribution in [0.1, 0.15) is 217 Å². The van der Waals surface area contributed by atoms with Gasteiger partial charge in [0.1, 0.15) is 72.9 Å². The summed E-state index contributed by atoms with van der Waals surface area (Å²) in [5.74, 6) is 2.92. The molecule has 0 aliphatic heterocycles. The predicted octanol–water partition coefficient (Wildman–Crippen LogP) is 36.4. The van der Waals surface area contributed by atoms with Gasteiger partial charge in [-0.15, -0.1) is 0 Å². The van der Waals surface area contributed by atoms with Crippen LogP contribution < -0.4 is 18.3 Å². The number of hydrogen-bond donors (Lipinski definition) is 0. The topological polar surface area (TPSA) is 85.5 Å². The van der Waals surface area contributed by atoms with Gasteiger partial charge in [-0.3, -0.25) is 0 Å². The number of pyridine rings is 4. The molecule has 736 valence electrons. The van der Waals surface area contributed by atoms with Crippen molar-refractivity contribution in [1.29, 1.82) is 0 Å². The number of fused-ring (bicyclic) bond motifs is 12. The highest BCUT2D eigenvalue weighted by Gasteiger charge is 2.35. The van der Waals surface area contributed by atoms with Crippen molar-refractivity contribution in [3.63, 3.8) is 0 Å². The minimum Gasteiger partial charge on any atom is -0.456 e. The van der Waals surface area contributed by atoms with Gasteiger partial charge in [-0.05, 0) is 185 Å². The second-order valence-electron chi connectivity index (χ2n) is 43.1. The maximum Gasteiger partial charge on any atom is 0.216 e. The van der Waals surface area contributed by atoms with Crippen LogP contribution in [-0.4, -0.2) is 0 Å². The molecule has 0 spiro atoms. The molecule has 0 radical (unpaired) electrons. The van der Waals surface area contributed by atoms with E-state index in [1.54, 1.807) is 0 Å². The average Bonchev–Trinajstić information content (AvgIpc) is 1.58. The maximum atomic E-state index is 7.85. The van der Waals surface area contributed by atoms with E-state index in [1.165, 1.54) is 229 Å². The van der Waals surface area contributed by atoms with E-state index in [-0.39, 0.29) is 0 Å². The molecule has 4 fully saturated rings. The third-order valence-corrected chi connectivity index (χ3v) is 33.6. The van der Waals surface area contributed by atoms with Crippen LogP contribution in [0, 0.1) is 121 Å². The predicted molar refractivity (Wildman–Crippen MR) is 608 cm³/mol. The molecule has 0 saturated heterocycles. The largest absolute Gasteiger partial charge is 0.456 e. The van der Waals surface area contributed by atoms with Gasteiger partial charge in [-0.2, -0.15) is 18.3 Å². The first-order chi connectivity index (χ1) is 71.8. The quantitative estimate of drug-likeness (QED) is 0.0802. The summed E-state index contributed by atoms with van der Waals surface area (Å²) in [7, 11) is 8.68. The average molecular weight is 1940 g/mol. The number of rotatable bonds is 14. The Morgan fingerprint density at radius 1 is 0.250 bits per heavy atom. The zero-order chi connectivity index (χ0) is 103. The zero-order valence-electron chi connectivity index (χ0n) is 88.8. The van der Waals surface area contributed by atoms with Crippen LogP contribution in [0.2, 0.25) is 0 Å². The normalized spacial score (nSPS) is 14.2. The fraction of sp³-hybridized carbons (Fsp3) is 0.294. The monoisotopic (exact) mass is 1940 g/mol. The number of furan rings is 4. The molecule has 0 amide bonds. The Bertz CT molecular complexity index is 8830. The van der Waals surface area contributed by atoms with E-state index >= 15 is 0 Å². The lowest BCUT2D eigenvalue weighted by molar-refractivity contribution is -0.667. The summed E-state index contributed by atoms with van der Waals surface area (Å²) < 4.78 is 36.4. The number of aromatic nitrogens is 4. The van der Waals surface area contributed by atoms with Gasteiger partial charge in [-0.1, -0.05) is 306 Å². The lowest BCUT2D eigenvalue weighted by Crippen LogP contribution is -2.36. The Labute approximate surface area is 871 Å². The Balaban J connectivity index is 0.000000116. The van der Waals surface area contributed by atoms with Crippen molar-refractivity contribution in [2.45, 2.75) is 223 Å². The van der Waals surface area contributed by atoms with Gasteiger partial charge >= 0.3 is 0 Å². The van der Waals surface area contributed by atoms with Crippen molar-refractivity contribution in [3.8, 4) is 89.5 Å². The SMILES string of the molecule is [C-]#[N+]c1ccc2c(oc3c(-c4cc(C5CCCCC5)cc(C)[n+]4C)c(C)ccc32)c1-c1ccc(C)cc1.[C-]#[N+]c1ccc2c(oc3c(-c4cc(CC5CCCC5)cc(C)[n+]4C)c(C)ccc32)c1-c1ccc(C)cc1.[C-]#[N+]c1ccc2c(oc3c(-c4ccc(C5CCCCC5)c(C)[n+]4C)c(C)ccc32)c1-c1ccc(C)cc1.[C-]#[N+]c1ccc2c(oc3c(-c4ccc(CC5CCCC5)c(C)[n+]4C)c(C)ccc32)c1-c1ccc(C)cc1. The molecular formula is C136H132N8O4+4. The number of nitrogens with zero attached hydrogens (tertiary/aromatic N) is 8. The minimum atomic E-state index is 0.617. The molecule has 8 aromatic heterocycles. The summed E-state index contributed by atoms with van der Waals surface area (Å²) in [6.07, 6.45) is 26.4. The molecule has 4 aliphatic rings. The van der Waals surface area contributed by atoms with E-state index in [0.717, 1.165) is 178 Å². The van der Waals surface area contributed by atoms with E-state index in [2.05, 4.69) is 349 Å². The molecule has 12 nitrogen and oxygen atoms in total. The second kappa shape index (κ2) is 41.4. The van der Waals surface area contributed by atoms with Crippen molar-refractivity contribution in [1.82, 2.24) is 0 Å². The van der Waals surface area contributed by atoms with Crippen LogP contribution >= 0.6 is 0 Å². The fourth-order valence-electron chi connectivity index (χ4n) is 24.8. The van der Waals surface area contributed by atoms with Crippen molar-refractivity contribution in [2.24, 2.45) is 40.0 Å². The summed E-state index contributed by atoms with van der Waals surface area (Å²) in [6.45, 7) is 57.3. The first-order valence-electron chi connectivity index (χ1n) is 53.6. The molecule has 12 heteroatoms. The summed E-state index contributed by atoms with van der Waals surface area (Å²) in [5.41, 5.74) is 46.6. The molecule has 0 unspecified atom stereocenters. The number of benzene rings is 12. The lowest BCUT2D eigenvalue weighted by Gasteiger charge is -2.22. The highest BCUT2D eigenvalue weighted by Crippen LogP contribution is 2.52. The summed E-state index contributed by atoms with van der Waals surface area (Å²) in [4.78, 5) is 15.4. The lowest BCUT2D eigenvalue weighted by atomic mass is 9.83. The minimum absolute atomic E-state index is 0.617. The van der Waals surface area contributed by atoms with Crippen molar-refractivity contribution < 1.29 is 35.9 Å². The summed E-state index contributed by atoms with van der Waals surface area (Å²) in [5, 5.41) is 8.60. The van der Waals surface area contributed by atoms with E-state index in [9.17, 15) is 0 Å². The molecule has 4 saturated carbocycles. The van der Waals surface area contributed by atoms with Crippen molar-refractivity contribution in [2.75, 3.05) is 0 Å².